The van der Waals surface area contributed by atoms with Crippen molar-refractivity contribution < 1.29 is 0 Å². The fraction of sp³-hybridized carbons (Fsp3) is 0.333. The summed E-state index contributed by atoms with van der Waals surface area (Å²) in [6.07, 6.45) is 6.41. The number of aryl methyl sites for hydroxylation is 1. The van der Waals surface area contributed by atoms with Gasteiger partial charge in [0.15, 0.2) is 5.82 Å². The third-order valence-electron chi connectivity index (χ3n) is 3.72. The average molecular weight is 322 g/mol. The second-order valence-electron chi connectivity index (χ2n) is 5.85. The van der Waals surface area contributed by atoms with Crippen LogP contribution in [-0.4, -0.2) is 31.3 Å². The van der Waals surface area contributed by atoms with Gasteiger partial charge in [-0.1, -0.05) is 19.9 Å². The molecule has 3 rings (SSSR count). The summed E-state index contributed by atoms with van der Waals surface area (Å²) in [4.78, 5) is 13.5. The first kappa shape index (κ1) is 16.1. The molecule has 0 spiro atoms. The van der Waals surface area contributed by atoms with E-state index in [0.29, 0.717) is 11.7 Å². The van der Waals surface area contributed by atoms with Gasteiger partial charge in [0, 0.05) is 43.4 Å². The molecule has 0 saturated carbocycles. The monoisotopic (exact) mass is 322 g/mol. The standard InChI is InChI=1S/C18H22N6/c1-3-15-11-17(20-12-14(2)13-24-10-6-9-21-24)23-18(22-15)16-7-4-5-8-19-16/h4-11,14H,3,12-13H2,1-2H3,(H,20,22,23). The topological polar surface area (TPSA) is 68.5 Å². The Kier molecular flexibility index (Phi) is 5.15. The Morgan fingerprint density at radius 1 is 1.17 bits per heavy atom. The minimum absolute atomic E-state index is 0.434. The molecule has 1 unspecified atom stereocenters. The predicted octanol–water partition coefficient (Wildman–Crippen LogP) is 3.05. The van der Waals surface area contributed by atoms with Gasteiger partial charge in [-0.2, -0.15) is 5.10 Å². The molecule has 24 heavy (non-hydrogen) atoms. The maximum atomic E-state index is 4.61. The summed E-state index contributed by atoms with van der Waals surface area (Å²) in [7, 11) is 0. The number of hydrogen-bond donors (Lipinski definition) is 1. The predicted molar refractivity (Wildman–Crippen MR) is 94.5 cm³/mol. The van der Waals surface area contributed by atoms with Gasteiger partial charge in [0.25, 0.3) is 0 Å². The van der Waals surface area contributed by atoms with Crippen LogP contribution in [0, 0.1) is 5.92 Å². The Bertz CT molecular complexity index is 754. The lowest BCUT2D eigenvalue weighted by molar-refractivity contribution is 0.467. The van der Waals surface area contributed by atoms with Gasteiger partial charge in [0.1, 0.15) is 11.5 Å². The zero-order valence-corrected chi connectivity index (χ0v) is 14.1. The summed E-state index contributed by atoms with van der Waals surface area (Å²) in [6, 6.07) is 9.72. The van der Waals surface area contributed by atoms with Crippen LogP contribution in [0.2, 0.25) is 0 Å². The molecule has 124 valence electrons. The van der Waals surface area contributed by atoms with Crippen LogP contribution in [0.25, 0.3) is 11.5 Å². The number of nitrogens with one attached hydrogen (secondary N) is 1. The van der Waals surface area contributed by atoms with Gasteiger partial charge < -0.3 is 5.32 Å². The zero-order chi connectivity index (χ0) is 16.8. The third-order valence-corrected chi connectivity index (χ3v) is 3.72. The van der Waals surface area contributed by atoms with E-state index in [0.717, 1.165) is 36.7 Å². The van der Waals surface area contributed by atoms with Crippen molar-refractivity contribution in [2.45, 2.75) is 26.8 Å². The molecule has 0 bridgehead atoms. The van der Waals surface area contributed by atoms with Gasteiger partial charge in [-0.3, -0.25) is 9.67 Å². The highest BCUT2D eigenvalue weighted by molar-refractivity contribution is 5.52. The van der Waals surface area contributed by atoms with Gasteiger partial charge in [0.05, 0.1) is 0 Å². The van der Waals surface area contributed by atoms with E-state index in [-0.39, 0.29) is 0 Å². The molecule has 3 aromatic heterocycles. The van der Waals surface area contributed by atoms with Gasteiger partial charge >= 0.3 is 0 Å². The molecule has 1 N–H and O–H groups in total. The van der Waals surface area contributed by atoms with E-state index in [1.165, 1.54) is 0 Å². The van der Waals surface area contributed by atoms with Crippen LogP contribution in [0.1, 0.15) is 19.5 Å². The fourth-order valence-corrected chi connectivity index (χ4v) is 2.45. The number of pyridine rings is 1. The number of hydrogen-bond acceptors (Lipinski definition) is 5. The SMILES string of the molecule is CCc1cc(NCC(C)Cn2cccn2)nc(-c2ccccn2)n1. The van der Waals surface area contributed by atoms with E-state index in [1.807, 2.05) is 41.2 Å². The van der Waals surface area contributed by atoms with Crippen molar-refractivity contribution in [3.05, 3.63) is 54.6 Å². The minimum atomic E-state index is 0.434. The van der Waals surface area contributed by atoms with Crippen LogP contribution in [0.15, 0.2) is 48.9 Å². The largest absolute Gasteiger partial charge is 0.370 e. The average Bonchev–Trinajstić information content (AvgIpc) is 3.13. The second-order valence-corrected chi connectivity index (χ2v) is 5.85. The van der Waals surface area contributed by atoms with Crippen molar-refractivity contribution in [3.63, 3.8) is 0 Å². The van der Waals surface area contributed by atoms with E-state index >= 15 is 0 Å². The Hall–Kier alpha value is -2.76. The van der Waals surface area contributed by atoms with Crippen molar-refractivity contribution in [2.24, 2.45) is 5.92 Å². The number of anilines is 1. The number of rotatable bonds is 7. The van der Waals surface area contributed by atoms with Gasteiger partial charge in [-0.05, 0) is 30.5 Å². The highest BCUT2D eigenvalue weighted by atomic mass is 15.3. The Morgan fingerprint density at radius 2 is 2.08 bits per heavy atom. The number of nitrogens with zero attached hydrogens (tertiary/aromatic N) is 5. The fourth-order valence-electron chi connectivity index (χ4n) is 2.45. The van der Waals surface area contributed by atoms with E-state index in [9.17, 15) is 0 Å². The maximum Gasteiger partial charge on any atom is 0.180 e. The van der Waals surface area contributed by atoms with Crippen LogP contribution in [0.5, 0.6) is 0 Å². The summed E-state index contributed by atoms with van der Waals surface area (Å²) in [5.74, 6) is 1.94. The van der Waals surface area contributed by atoms with E-state index in [4.69, 9.17) is 0 Å². The van der Waals surface area contributed by atoms with Crippen molar-refractivity contribution >= 4 is 5.82 Å². The molecule has 1 atom stereocenters. The summed E-state index contributed by atoms with van der Waals surface area (Å²) >= 11 is 0. The van der Waals surface area contributed by atoms with Crippen LogP contribution in [-0.2, 0) is 13.0 Å². The summed E-state index contributed by atoms with van der Waals surface area (Å²) in [6.45, 7) is 5.98. The van der Waals surface area contributed by atoms with E-state index in [2.05, 4.69) is 39.2 Å². The van der Waals surface area contributed by atoms with Crippen molar-refractivity contribution in [1.82, 2.24) is 24.7 Å². The molecule has 3 aromatic rings. The Labute approximate surface area is 142 Å². The van der Waals surface area contributed by atoms with Crippen LogP contribution in [0.3, 0.4) is 0 Å². The highest BCUT2D eigenvalue weighted by Gasteiger charge is 2.09. The molecule has 0 fully saturated rings. The smallest absolute Gasteiger partial charge is 0.180 e. The Morgan fingerprint density at radius 3 is 2.79 bits per heavy atom. The maximum absolute atomic E-state index is 4.61. The molecule has 0 aliphatic heterocycles. The lowest BCUT2D eigenvalue weighted by Crippen LogP contribution is -2.18. The van der Waals surface area contributed by atoms with E-state index in [1.54, 1.807) is 12.4 Å². The Balaban J connectivity index is 1.70. The first-order chi connectivity index (χ1) is 11.7. The lowest BCUT2D eigenvalue weighted by atomic mass is 10.2. The summed E-state index contributed by atoms with van der Waals surface area (Å²) in [5.41, 5.74) is 1.80. The molecular weight excluding hydrogens is 300 g/mol. The third kappa shape index (κ3) is 4.16. The summed E-state index contributed by atoms with van der Waals surface area (Å²) in [5, 5.41) is 7.67. The van der Waals surface area contributed by atoms with Crippen molar-refractivity contribution in [3.8, 4) is 11.5 Å². The molecule has 0 aliphatic carbocycles. The van der Waals surface area contributed by atoms with Crippen molar-refractivity contribution in [2.75, 3.05) is 11.9 Å². The van der Waals surface area contributed by atoms with E-state index < -0.39 is 0 Å². The van der Waals surface area contributed by atoms with Gasteiger partial charge in [-0.25, -0.2) is 9.97 Å². The molecule has 0 radical (unpaired) electrons. The molecule has 0 aromatic carbocycles. The lowest BCUT2D eigenvalue weighted by Gasteiger charge is -2.14. The minimum Gasteiger partial charge on any atom is -0.370 e. The quantitative estimate of drug-likeness (QED) is 0.724. The molecule has 6 nitrogen and oxygen atoms in total. The molecule has 3 heterocycles. The molecule has 0 saturated heterocycles. The zero-order valence-electron chi connectivity index (χ0n) is 14.1. The van der Waals surface area contributed by atoms with Crippen LogP contribution >= 0.6 is 0 Å². The van der Waals surface area contributed by atoms with Gasteiger partial charge in [0.2, 0.25) is 0 Å². The van der Waals surface area contributed by atoms with Crippen LogP contribution < -0.4 is 5.32 Å². The summed E-state index contributed by atoms with van der Waals surface area (Å²) < 4.78 is 1.95. The van der Waals surface area contributed by atoms with Gasteiger partial charge in [-0.15, -0.1) is 0 Å². The highest BCUT2D eigenvalue weighted by Crippen LogP contribution is 2.16. The first-order valence-electron chi connectivity index (χ1n) is 8.25. The van der Waals surface area contributed by atoms with Crippen LogP contribution in [0.4, 0.5) is 5.82 Å². The molecule has 0 amide bonds. The molecule has 0 aliphatic rings. The first-order valence-corrected chi connectivity index (χ1v) is 8.25. The molecule has 6 heteroatoms. The molecular formula is C18H22N6. The van der Waals surface area contributed by atoms with Crippen molar-refractivity contribution in [1.29, 1.82) is 0 Å². The second kappa shape index (κ2) is 7.68. The normalized spacial score (nSPS) is 12.1. The number of aromatic nitrogens is 5.